The van der Waals surface area contributed by atoms with Gasteiger partial charge in [-0.15, -0.1) is 0 Å². The topological polar surface area (TPSA) is 32.5 Å². The van der Waals surface area contributed by atoms with Crippen LogP contribution in [0.25, 0.3) is 0 Å². The Balaban J connectivity index is 1.93. The summed E-state index contributed by atoms with van der Waals surface area (Å²) in [6.45, 7) is 13.2. The van der Waals surface area contributed by atoms with Gasteiger partial charge >= 0.3 is 0 Å². The van der Waals surface area contributed by atoms with Crippen LogP contribution in [-0.4, -0.2) is 49.1 Å². The monoisotopic (exact) mass is 275 g/mol. The predicted molar refractivity (Wildman–Crippen MR) is 86.0 cm³/mol. The molecule has 2 N–H and O–H groups in total. The number of benzene rings is 1. The molecular formula is C17H29N3. The average molecular weight is 275 g/mol. The van der Waals surface area contributed by atoms with Gasteiger partial charge in [0, 0.05) is 45.3 Å². The molecule has 1 unspecified atom stereocenters. The molecule has 20 heavy (non-hydrogen) atoms. The summed E-state index contributed by atoms with van der Waals surface area (Å²) in [4.78, 5) is 5.04. The van der Waals surface area contributed by atoms with E-state index in [1.807, 2.05) is 0 Å². The van der Waals surface area contributed by atoms with E-state index in [-0.39, 0.29) is 0 Å². The van der Waals surface area contributed by atoms with Gasteiger partial charge < -0.3 is 5.73 Å². The molecule has 3 nitrogen and oxygen atoms in total. The second-order valence-electron chi connectivity index (χ2n) is 6.16. The second kappa shape index (κ2) is 7.21. The van der Waals surface area contributed by atoms with Crippen LogP contribution < -0.4 is 5.73 Å². The molecule has 1 aliphatic rings. The van der Waals surface area contributed by atoms with Crippen LogP contribution in [0.3, 0.4) is 0 Å². The Bertz CT molecular complexity index is 391. The zero-order valence-electron chi connectivity index (χ0n) is 13.2. The number of piperazine rings is 1. The maximum Gasteiger partial charge on any atom is 0.0320 e. The van der Waals surface area contributed by atoms with Gasteiger partial charge in [0.05, 0.1) is 0 Å². The lowest BCUT2D eigenvalue weighted by atomic mass is 9.99. The molecule has 0 saturated carbocycles. The lowest BCUT2D eigenvalue weighted by Gasteiger charge is -2.38. The van der Waals surface area contributed by atoms with Gasteiger partial charge in [0.2, 0.25) is 0 Å². The third kappa shape index (κ3) is 3.81. The lowest BCUT2D eigenvalue weighted by Crippen LogP contribution is -2.48. The maximum atomic E-state index is 5.63. The Labute approximate surface area is 123 Å². The lowest BCUT2D eigenvalue weighted by molar-refractivity contribution is 0.104. The summed E-state index contributed by atoms with van der Waals surface area (Å²) in [5, 5.41) is 0. The standard InChI is InChI=1S/C17H29N3/c1-14(2)16-4-6-17(7-5-16)15(3)20-12-10-19(9-8-18)11-13-20/h4-7,14-15H,8-13,18H2,1-3H3. The zero-order chi connectivity index (χ0) is 14.5. The molecule has 1 fully saturated rings. The van der Waals surface area contributed by atoms with Gasteiger partial charge in [-0.3, -0.25) is 9.80 Å². The smallest absolute Gasteiger partial charge is 0.0320 e. The quantitative estimate of drug-likeness (QED) is 0.896. The molecule has 1 aliphatic heterocycles. The molecule has 112 valence electrons. The van der Waals surface area contributed by atoms with E-state index in [0.717, 1.165) is 39.3 Å². The Morgan fingerprint density at radius 2 is 1.50 bits per heavy atom. The minimum atomic E-state index is 0.510. The van der Waals surface area contributed by atoms with Gasteiger partial charge in [-0.05, 0) is 24.0 Å². The molecule has 0 amide bonds. The fourth-order valence-corrected chi connectivity index (χ4v) is 2.93. The molecule has 1 atom stereocenters. The van der Waals surface area contributed by atoms with Crippen LogP contribution in [0.15, 0.2) is 24.3 Å². The first kappa shape index (κ1) is 15.5. The van der Waals surface area contributed by atoms with Gasteiger partial charge in [0.25, 0.3) is 0 Å². The normalized spacial score (nSPS) is 19.4. The van der Waals surface area contributed by atoms with Crippen molar-refractivity contribution in [1.29, 1.82) is 0 Å². The Kier molecular flexibility index (Phi) is 5.58. The number of nitrogens with zero attached hydrogens (tertiary/aromatic N) is 2. The van der Waals surface area contributed by atoms with Crippen LogP contribution in [0.4, 0.5) is 0 Å². The van der Waals surface area contributed by atoms with Crippen LogP contribution in [-0.2, 0) is 0 Å². The Morgan fingerprint density at radius 3 is 2.00 bits per heavy atom. The van der Waals surface area contributed by atoms with Crippen molar-refractivity contribution in [3.8, 4) is 0 Å². The molecule has 3 heteroatoms. The molecule has 1 aromatic carbocycles. The summed E-state index contributed by atoms with van der Waals surface area (Å²) in [6.07, 6.45) is 0. The molecule has 0 radical (unpaired) electrons. The molecule has 0 spiro atoms. The SMILES string of the molecule is CC(C)c1ccc(C(C)N2CCN(CCN)CC2)cc1. The predicted octanol–water partition coefficient (Wildman–Crippen LogP) is 2.45. The van der Waals surface area contributed by atoms with Gasteiger partial charge in [-0.25, -0.2) is 0 Å². The Morgan fingerprint density at radius 1 is 0.950 bits per heavy atom. The fourth-order valence-electron chi connectivity index (χ4n) is 2.93. The van der Waals surface area contributed by atoms with Crippen LogP contribution in [0.5, 0.6) is 0 Å². The number of hydrogen-bond acceptors (Lipinski definition) is 3. The van der Waals surface area contributed by atoms with Crippen molar-refractivity contribution < 1.29 is 0 Å². The molecule has 0 aliphatic carbocycles. The number of hydrogen-bond donors (Lipinski definition) is 1. The highest BCUT2D eigenvalue weighted by molar-refractivity contribution is 5.26. The van der Waals surface area contributed by atoms with E-state index in [1.165, 1.54) is 11.1 Å². The minimum absolute atomic E-state index is 0.510. The summed E-state index contributed by atoms with van der Waals surface area (Å²) in [7, 11) is 0. The van der Waals surface area contributed by atoms with Crippen molar-refractivity contribution in [3.63, 3.8) is 0 Å². The summed E-state index contributed by atoms with van der Waals surface area (Å²) in [6, 6.07) is 9.66. The first-order valence-electron chi connectivity index (χ1n) is 7.88. The van der Waals surface area contributed by atoms with Crippen molar-refractivity contribution in [2.45, 2.75) is 32.7 Å². The molecule has 1 saturated heterocycles. The van der Waals surface area contributed by atoms with Crippen LogP contribution in [0, 0.1) is 0 Å². The second-order valence-corrected chi connectivity index (χ2v) is 6.16. The molecule has 0 bridgehead atoms. The van der Waals surface area contributed by atoms with E-state index in [9.17, 15) is 0 Å². The molecule has 0 aromatic heterocycles. The molecule has 2 rings (SSSR count). The van der Waals surface area contributed by atoms with Crippen molar-refractivity contribution in [2.75, 3.05) is 39.3 Å². The highest BCUT2D eigenvalue weighted by atomic mass is 15.3. The highest BCUT2D eigenvalue weighted by Crippen LogP contribution is 2.23. The van der Waals surface area contributed by atoms with Gasteiger partial charge in [0.15, 0.2) is 0 Å². The molecule has 1 heterocycles. The maximum absolute atomic E-state index is 5.63. The van der Waals surface area contributed by atoms with E-state index in [2.05, 4.69) is 54.8 Å². The van der Waals surface area contributed by atoms with Crippen molar-refractivity contribution in [3.05, 3.63) is 35.4 Å². The summed E-state index contributed by atoms with van der Waals surface area (Å²) in [5.74, 6) is 0.610. The van der Waals surface area contributed by atoms with Crippen LogP contribution >= 0.6 is 0 Å². The first-order chi connectivity index (χ1) is 9.61. The van der Waals surface area contributed by atoms with Crippen LogP contribution in [0.1, 0.15) is 43.9 Å². The number of rotatable bonds is 5. The van der Waals surface area contributed by atoms with E-state index in [4.69, 9.17) is 5.73 Å². The summed E-state index contributed by atoms with van der Waals surface area (Å²) in [5.41, 5.74) is 8.48. The average Bonchev–Trinajstić information content (AvgIpc) is 2.48. The summed E-state index contributed by atoms with van der Waals surface area (Å²) >= 11 is 0. The zero-order valence-corrected chi connectivity index (χ0v) is 13.2. The third-order valence-electron chi connectivity index (χ3n) is 4.49. The van der Waals surface area contributed by atoms with Crippen molar-refractivity contribution >= 4 is 0 Å². The summed E-state index contributed by atoms with van der Waals surface area (Å²) < 4.78 is 0. The van der Waals surface area contributed by atoms with E-state index < -0.39 is 0 Å². The third-order valence-corrected chi connectivity index (χ3v) is 4.49. The van der Waals surface area contributed by atoms with Crippen molar-refractivity contribution in [1.82, 2.24) is 9.80 Å². The van der Waals surface area contributed by atoms with Gasteiger partial charge in [0.1, 0.15) is 0 Å². The van der Waals surface area contributed by atoms with E-state index in [0.29, 0.717) is 12.0 Å². The van der Waals surface area contributed by atoms with Crippen LogP contribution in [0.2, 0.25) is 0 Å². The van der Waals surface area contributed by atoms with Crippen molar-refractivity contribution in [2.24, 2.45) is 5.73 Å². The Hall–Kier alpha value is -0.900. The largest absolute Gasteiger partial charge is 0.329 e. The van der Waals surface area contributed by atoms with Gasteiger partial charge in [-0.1, -0.05) is 38.1 Å². The molecule has 1 aromatic rings. The highest BCUT2D eigenvalue weighted by Gasteiger charge is 2.21. The first-order valence-corrected chi connectivity index (χ1v) is 7.88. The minimum Gasteiger partial charge on any atom is -0.329 e. The van der Waals surface area contributed by atoms with E-state index >= 15 is 0 Å². The van der Waals surface area contributed by atoms with Gasteiger partial charge in [-0.2, -0.15) is 0 Å². The number of nitrogens with two attached hydrogens (primary N) is 1. The fraction of sp³-hybridized carbons (Fsp3) is 0.647. The molecular weight excluding hydrogens is 246 g/mol. The van der Waals surface area contributed by atoms with E-state index in [1.54, 1.807) is 0 Å².